The summed E-state index contributed by atoms with van der Waals surface area (Å²) in [5.41, 5.74) is -0.782. The minimum Gasteiger partial charge on any atom is -0.336 e. The van der Waals surface area contributed by atoms with Crippen molar-refractivity contribution >= 4 is 5.69 Å². The van der Waals surface area contributed by atoms with E-state index >= 15 is 0 Å². The Morgan fingerprint density at radius 1 is 1.42 bits per heavy atom. The summed E-state index contributed by atoms with van der Waals surface area (Å²) >= 11 is 0. The molecule has 5 nitrogen and oxygen atoms in total. The van der Waals surface area contributed by atoms with Crippen molar-refractivity contribution in [2.45, 2.75) is 26.2 Å². The molecular formula is C7H10N2O3. The maximum absolute atomic E-state index is 10.8. The molecule has 0 radical (unpaired) electrons. The zero-order valence-corrected chi connectivity index (χ0v) is 7.17. The van der Waals surface area contributed by atoms with E-state index < -0.39 is 5.63 Å². The normalized spacial score (nSPS) is 11.6. The zero-order chi connectivity index (χ0) is 9.35. The minimum absolute atomic E-state index is 0.164. The Morgan fingerprint density at radius 2 is 2.00 bits per heavy atom. The Kier molecular flexibility index (Phi) is 1.87. The van der Waals surface area contributed by atoms with Crippen LogP contribution in [0.5, 0.6) is 0 Å². The SMILES string of the molecule is CC(C)(C)c1[nH]oc(=O)c1N=O. The Labute approximate surface area is 68.7 Å². The predicted octanol–water partition coefficient (Wildman–Crippen LogP) is 1.66. The largest absolute Gasteiger partial charge is 0.386 e. The second kappa shape index (κ2) is 2.58. The van der Waals surface area contributed by atoms with Crippen LogP contribution in [0.15, 0.2) is 14.5 Å². The maximum Gasteiger partial charge on any atom is 0.386 e. The van der Waals surface area contributed by atoms with Crippen molar-refractivity contribution < 1.29 is 4.52 Å². The molecule has 0 aliphatic heterocycles. The van der Waals surface area contributed by atoms with Gasteiger partial charge < -0.3 is 4.52 Å². The van der Waals surface area contributed by atoms with E-state index in [9.17, 15) is 9.70 Å². The maximum atomic E-state index is 10.8. The van der Waals surface area contributed by atoms with Gasteiger partial charge in [-0.2, -0.15) is 0 Å². The van der Waals surface area contributed by atoms with Crippen LogP contribution in [0.2, 0.25) is 0 Å². The molecule has 0 aromatic carbocycles. The number of rotatable bonds is 1. The second-order valence-electron chi connectivity index (χ2n) is 3.56. The van der Waals surface area contributed by atoms with Crippen LogP contribution >= 0.6 is 0 Å². The second-order valence-corrected chi connectivity index (χ2v) is 3.56. The molecule has 12 heavy (non-hydrogen) atoms. The third-order valence-electron chi connectivity index (χ3n) is 1.52. The van der Waals surface area contributed by atoms with Crippen molar-refractivity contribution in [3.63, 3.8) is 0 Å². The molecule has 5 heteroatoms. The highest BCUT2D eigenvalue weighted by atomic mass is 16.5. The molecule has 0 bridgehead atoms. The molecule has 0 saturated heterocycles. The molecule has 0 atom stereocenters. The fourth-order valence-corrected chi connectivity index (χ4v) is 0.887. The quantitative estimate of drug-likeness (QED) is 0.651. The van der Waals surface area contributed by atoms with Gasteiger partial charge >= 0.3 is 5.63 Å². The van der Waals surface area contributed by atoms with Crippen LogP contribution in [0.25, 0.3) is 0 Å². The van der Waals surface area contributed by atoms with Crippen molar-refractivity contribution in [1.82, 2.24) is 5.16 Å². The van der Waals surface area contributed by atoms with Gasteiger partial charge in [0.05, 0.1) is 5.69 Å². The molecule has 0 spiro atoms. The van der Waals surface area contributed by atoms with Crippen LogP contribution in [0, 0.1) is 4.91 Å². The van der Waals surface area contributed by atoms with Gasteiger partial charge in [0.1, 0.15) is 0 Å². The molecule has 0 unspecified atom stereocenters. The number of H-pyrrole nitrogens is 1. The lowest BCUT2D eigenvalue weighted by Crippen LogP contribution is -2.12. The van der Waals surface area contributed by atoms with Crippen LogP contribution in [-0.2, 0) is 5.41 Å². The monoisotopic (exact) mass is 170 g/mol. The summed E-state index contributed by atoms with van der Waals surface area (Å²) < 4.78 is 4.44. The zero-order valence-electron chi connectivity index (χ0n) is 7.17. The molecule has 0 aliphatic rings. The highest BCUT2D eigenvalue weighted by Crippen LogP contribution is 2.26. The van der Waals surface area contributed by atoms with Gasteiger partial charge in [0.15, 0.2) is 0 Å². The van der Waals surface area contributed by atoms with Crippen LogP contribution in [0.3, 0.4) is 0 Å². The van der Waals surface area contributed by atoms with E-state index in [1.165, 1.54) is 0 Å². The average molecular weight is 170 g/mol. The summed E-state index contributed by atoms with van der Waals surface area (Å²) in [5.74, 6) is 0. The van der Waals surface area contributed by atoms with Gasteiger partial charge in [0, 0.05) is 5.41 Å². The standard InChI is InChI=1S/C7H10N2O3/c1-7(2,3)5-4(8-11)6(10)12-9-5/h9H,1-3H3. The molecule has 1 rings (SSSR count). The number of aromatic amines is 1. The number of hydrogen-bond acceptors (Lipinski definition) is 4. The molecule has 0 aliphatic carbocycles. The smallest absolute Gasteiger partial charge is 0.336 e. The highest BCUT2D eigenvalue weighted by Gasteiger charge is 2.24. The highest BCUT2D eigenvalue weighted by molar-refractivity contribution is 5.41. The number of nitroso groups, excluding NO2 is 1. The third kappa shape index (κ3) is 1.30. The molecule has 1 N–H and O–H groups in total. The van der Waals surface area contributed by atoms with E-state index in [-0.39, 0.29) is 11.1 Å². The lowest BCUT2D eigenvalue weighted by Gasteiger charge is -2.14. The number of aromatic nitrogens is 1. The number of nitrogens with one attached hydrogen (secondary N) is 1. The molecule has 0 fully saturated rings. The summed E-state index contributed by atoms with van der Waals surface area (Å²) in [5, 5.41) is 4.99. The van der Waals surface area contributed by atoms with Crippen molar-refractivity contribution in [3.8, 4) is 0 Å². The molecule has 1 aromatic heterocycles. The topological polar surface area (TPSA) is 75.4 Å². The van der Waals surface area contributed by atoms with Gasteiger partial charge in [0.2, 0.25) is 5.69 Å². The number of nitrogens with zero attached hydrogens (tertiary/aromatic N) is 1. The van der Waals surface area contributed by atoms with Crippen LogP contribution in [0.1, 0.15) is 26.5 Å². The summed E-state index contributed by atoms with van der Waals surface area (Å²) in [6, 6.07) is 0. The van der Waals surface area contributed by atoms with E-state index in [0.717, 1.165) is 0 Å². The first-order valence-corrected chi connectivity index (χ1v) is 3.52. The van der Waals surface area contributed by atoms with Gasteiger partial charge in [-0.1, -0.05) is 20.8 Å². The van der Waals surface area contributed by atoms with Crippen molar-refractivity contribution in [1.29, 1.82) is 0 Å². The Bertz CT molecular complexity index is 342. The number of hydrogen-bond donors (Lipinski definition) is 1. The van der Waals surface area contributed by atoms with Crippen molar-refractivity contribution in [3.05, 3.63) is 21.0 Å². The summed E-state index contributed by atoms with van der Waals surface area (Å²) in [4.78, 5) is 21.1. The minimum atomic E-state index is -0.713. The van der Waals surface area contributed by atoms with E-state index in [1.807, 2.05) is 20.8 Å². The fourth-order valence-electron chi connectivity index (χ4n) is 0.887. The predicted molar refractivity (Wildman–Crippen MR) is 43.5 cm³/mol. The van der Waals surface area contributed by atoms with Crippen LogP contribution in [-0.4, -0.2) is 5.16 Å². The lowest BCUT2D eigenvalue weighted by atomic mass is 9.91. The molecule has 0 amide bonds. The first kappa shape index (κ1) is 8.70. The molecule has 1 heterocycles. The van der Waals surface area contributed by atoms with E-state index in [4.69, 9.17) is 0 Å². The van der Waals surface area contributed by atoms with Crippen molar-refractivity contribution in [2.75, 3.05) is 0 Å². The summed E-state index contributed by atoms with van der Waals surface area (Å²) in [6.07, 6.45) is 0. The van der Waals surface area contributed by atoms with E-state index in [1.54, 1.807) is 0 Å². The molecule has 0 saturated carbocycles. The van der Waals surface area contributed by atoms with Crippen LogP contribution in [0.4, 0.5) is 5.69 Å². The van der Waals surface area contributed by atoms with Crippen LogP contribution < -0.4 is 5.63 Å². The lowest BCUT2D eigenvalue weighted by molar-refractivity contribution is 0.370. The Balaban J connectivity index is 3.35. The molecular weight excluding hydrogens is 160 g/mol. The van der Waals surface area contributed by atoms with E-state index in [0.29, 0.717) is 5.69 Å². The fraction of sp³-hybridized carbons (Fsp3) is 0.571. The first-order valence-electron chi connectivity index (χ1n) is 3.52. The molecule has 1 aromatic rings. The summed E-state index contributed by atoms with van der Waals surface area (Å²) in [7, 11) is 0. The first-order chi connectivity index (χ1) is 5.46. The van der Waals surface area contributed by atoms with E-state index in [2.05, 4.69) is 14.9 Å². The molecule has 66 valence electrons. The van der Waals surface area contributed by atoms with Crippen molar-refractivity contribution in [2.24, 2.45) is 5.18 Å². The third-order valence-corrected chi connectivity index (χ3v) is 1.52. The van der Waals surface area contributed by atoms with Gasteiger partial charge in [-0.15, -0.1) is 4.91 Å². The average Bonchev–Trinajstić information content (AvgIpc) is 2.29. The van der Waals surface area contributed by atoms with Gasteiger partial charge in [0.25, 0.3) is 0 Å². The Hall–Kier alpha value is -1.39. The Morgan fingerprint density at radius 3 is 2.33 bits per heavy atom. The summed E-state index contributed by atoms with van der Waals surface area (Å²) in [6.45, 7) is 5.55. The van der Waals surface area contributed by atoms with Gasteiger partial charge in [-0.3, -0.25) is 0 Å². The van der Waals surface area contributed by atoms with Gasteiger partial charge in [-0.25, -0.2) is 9.95 Å². The van der Waals surface area contributed by atoms with Gasteiger partial charge in [-0.05, 0) is 5.18 Å².